The predicted octanol–water partition coefficient (Wildman–Crippen LogP) is -0.832. The summed E-state index contributed by atoms with van der Waals surface area (Å²) in [6.07, 6.45) is 2.62. The van der Waals surface area contributed by atoms with Gasteiger partial charge in [0.15, 0.2) is 5.78 Å². The molecule has 0 saturated heterocycles. The number of ketones is 1. The minimum absolute atomic E-state index is 0.0167. The van der Waals surface area contributed by atoms with E-state index in [2.05, 4.69) is 4.98 Å². The smallest absolute Gasteiger partial charge is 0.329 e. The fourth-order valence-corrected chi connectivity index (χ4v) is 2.53. The van der Waals surface area contributed by atoms with Gasteiger partial charge in [0.1, 0.15) is 11.4 Å². The van der Waals surface area contributed by atoms with Gasteiger partial charge in [0.25, 0.3) is 5.56 Å². The van der Waals surface area contributed by atoms with E-state index in [9.17, 15) is 14.4 Å². The Morgan fingerprint density at radius 1 is 1.45 bits per heavy atom. The molecular formula is C14H22N4O4. The minimum Gasteiger partial charge on any atom is -0.395 e. The van der Waals surface area contributed by atoms with Crippen molar-refractivity contribution >= 4 is 11.6 Å². The molecule has 2 rings (SSSR count). The summed E-state index contributed by atoms with van der Waals surface area (Å²) in [5.41, 5.74) is 4.35. The van der Waals surface area contributed by atoms with Crippen LogP contribution in [-0.2, 0) is 6.54 Å². The van der Waals surface area contributed by atoms with E-state index in [1.807, 2.05) is 11.8 Å². The molecule has 1 aliphatic rings. The number of aliphatic hydroxyl groups is 1. The highest BCUT2D eigenvalue weighted by Crippen LogP contribution is 2.26. The molecule has 0 amide bonds. The van der Waals surface area contributed by atoms with E-state index in [-0.39, 0.29) is 30.6 Å². The van der Waals surface area contributed by atoms with E-state index >= 15 is 0 Å². The molecule has 0 unspecified atom stereocenters. The van der Waals surface area contributed by atoms with Crippen LogP contribution in [0.5, 0.6) is 0 Å². The average Bonchev–Trinajstić information content (AvgIpc) is 3.27. The summed E-state index contributed by atoms with van der Waals surface area (Å²) in [5.74, 6) is -0.510. The van der Waals surface area contributed by atoms with Gasteiger partial charge < -0.3 is 10.8 Å². The number of nitrogens with zero attached hydrogens (tertiary/aromatic N) is 2. The predicted molar refractivity (Wildman–Crippen MR) is 82.0 cm³/mol. The second kappa shape index (κ2) is 6.89. The maximum atomic E-state index is 12.4. The summed E-state index contributed by atoms with van der Waals surface area (Å²) in [5, 5.41) is 9.07. The Hall–Kier alpha value is -1.93. The molecule has 0 aromatic carbocycles. The second-order valence-corrected chi connectivity index (χ2v) is 5.52. The van der Waals surface area contributed by atoms with Gasteiger partial charge in [0.2, 0.25) is 0 Å². The van der Waals surface area contributed by atoms with Gasteiger partial charge in [-0.25, -0.2) is 4.79 Å². The number of carbonyl (C=O) groups excluding carboxylic acids is 1. The number of nitrogens with two attached hydrogens (primary N) is 1. The van der Waals surface area contributed by atoms with Gasteiger partial charge in [-0.3, -0.25) is 24.0 Å². The second-order valence-electron chi connectivity index (χ2n) is 5.52. The first-order chi connectivity index (χ1) is 10.5. The lowest BCUT2D eigenvalue weighted by atomic mass is 10.1. The number of Topliss-reactive ketones (excluding diaryl/α,β-unsaturated/α-hetero) is 1. The van der Waals surface area contributed by atoms with Crippen LogP contribution >= 0.6 is 0 Å². The molecule has 0 aliphatic heterocycles. The molecule has 1 aromatic rings. The Kier molecular flexibility index (Phi) is 5.15. The van der Waals surface area contributed by atoms with Crippen LogP contribution in [0, 0.1) is 0 Å². The van der Waals surface area contributed by atoms with Crippen LogP contribution in [0.4, 0.5) is 5.82 Å². The van der Waals surface area contributed by atoms with Gasteiger partial charge in [0, 0.05) is 19.1 Å². The van der Waals surface area contributed by atoms with Crippen LogP contribution in [0.25, 0.3) is 0 Å². The molecule has 8 nitrogen and oxygen atoms in total. The third kappa shape index (κ3) is 3.45. The quantitative estimate of drug-likeness (QED) is 0.539. The summed E-state index contributed by atoms with van der Waals surface area (Å²) in [4.78, 5) is 40.1. The van der Waals surface area contributed by atoms with Crippen LogP contribution < -0.4 is 17.0 Å². The topological polar surface area (TPSA) is 121 Å². The van der Waals surface area contributed by atoms with Crippen LogP contribution in [0.15, 0.2) is 9.59 Å². The normalized spacial score (nSPS) is 14.5. The Morgan fingerprint density at radius 2 is 2.14 bits per heavy atom. The number of aromatic nitrogens is 2. The number of nitrogens with one attached hydrogen (secondary N) is 1. The Balaban J connectivity index is 2.30. The molecule has 0 radical (unpaired) electrons. The van der Waals surface area contributed by atoms with E-state index in [0.717, 1.165) is 12.8 Å². The summed E-state index contributed by atoms with van der Waals surface area (Å²) >= 11 is 0. The first-order valence-electron chi connectivity index (χ1n) is 7.50. The zero-order valence-electron chi connectivity index (χ0n) is 12.7. The van der Waals surface area contributed by atoms with Crippen LogP contribution in [0.2, 0.25) is 0 Å². The van der Waals surface area contributed by atoms with Gasteiger partial charge in [0.05, 0.1) is 13.2 Å². The molecule has 4 N–H and O–H groups in total. The lowest BCUT2D eigenvalue weighted by Gasteiger charge is -2.20. The molecule has 8 heteroatoms. The molecule has 22 heavy (non-hydrogen) atoms. The van der Waals surface area contributed by atoms with Crippen molar-refractivity contribution in [1.29, 1.82) is 0 Å². The lowest BCUT2D eigenvalue weighted by molar-refractivity contribution is 0.0905. The summed E-state index contributed by atoms with van der Waals surface area (Å²) in [6.45, 7) is 2.55. The number of rotatable bonds is 8. The van der Waals surface area contributed by atoms with Crippen LogP contribution in [-0.4, -0.2) is 51.1 Å². The third-order valence-corrected chi connectivity index (χ3v) is 3.76. The van der Waals surface area contributed by atoms with Crippen molar-refractivity contribution in [3.05, 3.63) is 26.4 Å². The van der Waals surface area contributed by atoms with E-state index in [1.165, 1.54) is 4.57 Å². The Bertz CT molecular complexity index is 660. The fraction of sp³-hybridized carbons (Fsp3) is 0.643. The number of H-pyrrole nitrogens is 1. The molecule has 0 spiro atoms. The highest BCUT2D eigenvalue weighted by molar-refractivity contribution is 6.01. The summed E-state index contributed by atoms with van der Waals surface area (Å²) in [6, 6.07) is 0.276. The summed E-state index contributed by atoms with van der Waals surface area (Å²) in [7, 11) is 0. The van der Waals surface area contributed by atoms with Crippen molar-refractivity contribution in [1.82, 2.24) is 14.5 Å². The van der Waals surface area contributed by atoms with Crippen molar-refractivity contribution in [2.45, 2.75) is 38.8 Å². The molecule has 122 valence electrons. The SMILES string of the molecule is CCCn1c(N)c(C(=O)CN(CCO)C2CC2)c(=O)[nH]c1=O. The van der Waals surface area contributed by atoms with Crippen molar-refractivity contribution in [3.63, 3.8) is 0 Å². The van der Waals surface area contributed by atoms with Crippen LogP contribution in [0.1, 0.15) is 36.5 Å². The standard InChI is InChI=1S/C14H22N4O4/c1-2-5-18-12(15)11(13(21)16-14(18)22)10(20)8-17(6-7-19)9-3-4-9/h9,19H,2-8,15H2,1H3,(H,16,21,22). The van der Waals surface area contributed by atoms with Gasteiger partial charge >= 0.3 is 5.69 Å². The molecule has 0 bridgehead atoms. The first-order valence-corrected chi connectivity index (χ1v) is 7.50. The van der Waals surface area contributed by atoms with Crippen molar-refractivity contribution in [2.24, 2.45) is 0 Å². The molecule has 0 atom stereocenters. The van der Waals surface area contributed by atoms with E-state index < -0.39 is 17.0 Å². The van der Waals surface area contributed by atoms with Gasteiger partial charge in [-0.2, -0.15) is 0 Å². The van der Waals surface area contributed by atoms with E-state index in [0.29, 0.717) is 19.5 Å². The zero-order chi connectivity index (χ0) is 16.3. The van der Waals surface area contributed by atoms with Crippen molar-refractivity contribution in [3.8, 4) is 0 Å². The highest BCUT2D eigenvalue weighted by atomic mass is 16.3. The largest absolute Gasteiger partial charge is 0.395 e. The van der Waals surface area contributed by atoms with Gasteiger partial charge in [-0.05, 0) is 19.3 Å². The first kappa shape index (κ1) is 16.4. The Morgan fingerprint density at radius 3 is 2.68 bits per heavy atom. The monoisotopic (exact) mass is 310 g/mol. The fourth-order valence-electron chi connectivity index (χ4n) is 2.53. The minimum atomic E-state index is -0.750. The number of nitrogen functional groups attached to an aromatic ring is 1. The number of carbonyl (C=O) groups is 1. The van der Waals surface area contributed by atoms with E-state index in [4.69, 9.17) is 10.8 Å². The molecule has 1 saturated carbocycles. The number of hydrogen-bond donors (Lipinski definition) is 3. The molecular weight excluding hydrogens is 288 g/mol. The van der Waals surface area contributed by atoms with Crippen LogP contribution in [0.3, 0.4) is 0 Å². The molecule has 1 fully saturated rings. The van der Waals surface area contributed by atoms with Crippen molar-refractivity contribution < 1.29 is 9.90 Å². The maximum Gasteiger partial charge on any atom is 0.329 e. The molecule has 1 heterocycles. The highest BCUT2D eigenvalue weighted by Gasteiger charge is 2.31. The number of aliphatic hydroxyl groups excluding tert-OH is 1. The summed E-state index contributed by atoms with van der Waals surface area (Å²) < 4.78 is 1.21. The zero-order valence-corrected chi connectivity index (χ0v) is 12.7. The Labute approximate surface area is 127 Å². The van der Waals surface area contributed by atoms with E-state index in [1.54, 1.807) is 0 Å². The maximum absolute atomic E-state index is 12.4. The molecule has 1 aromatic heterocycles. The van der Waals surface area contributed by atoms with Gasteiger partial charge in [-0.1, -0.05) is 6.92 Å². The average molecular weight is 310 g/mol. The van der Waals surface area contributed by atoms with Crippen molar-refractivity contribution in [2.75, 3.05) is 25.4 Å². The number of anilines is 1. The number of aromatic amines is 1. The lowest BCUT2D eigenvalue weighted by Crippen LogP contribution is -2.40. The molecule has 1 aliphatic carbocycles. The third-order valence-electron chi connectivity index (χ3n) is 3.76. The van der Waals surface area contributed by atoms with Gasteiger partial charge in [-0.15, -0.1) is 0 Å². The number of hydrogen-bond acceptors (Lipinski definition) is 6.